The van der Waals surface area contributed by atoms with E-state index >= 15 is 0 Å². The normalized spacial score (nSPS) is 10.8. The Balaban J connectivity index is 2.77. The van der Waals surface area contributed by atoms with Gasteiger partial charge in [0.1, 0.15) is 0 Å². The number of likely N-dealkylation sites (N-methyl/N-ethyl adjacent to an activating group) is 1. The minimum Gasteiger partial charge on any atom is -0.315 e. The summed E-state index contributed by atoms with van der Waals surface area (Å²) < 4.78 is 0. The first-order valence-electron chi connectivity index (χ1n) is 3.73. The maximum atomic E-state index is 4.11. The zero-order chi connectivity index (χ0) is 7.82. The van der Waals surface area contributed by atoms with Gasteiger partial charge in [-0.3, -0.25) is 0 Å². The largest absolute Gasteiger partial charge is 0.315 e. The SMILES string of the molecule is CN(C)CCNCCCS. The predicted molar refractivity (Wildman–Crippen MR) is 49.9 cm³/mol. The number of hydrogen-bond acceptors (Lipinski definition) is 3. The molecule has 0 saturated carbocycles. The molecule has 0 heterocycles. The molecule has 10 heavy (non-hydrogen) atoms. The molecule has 0 aromatic rings. The van der Waals surface area contributed by atoms with Gasteiger partial charge in [-0.25, -0.2) is 0 Å². The van der Waals surface area contributed by atoms with E-state index in [1.54, 1.807) is 0 Å². The summed E-state index contributed by atoms with van der Waals surface area (Å²) in [5, 5.41) is 3.33. The quantitative estimate of drug-likeness (QED) is 0.436. The Morgan fingerprint density at radius 3 is 2.50 bits per heavy atom. The van der Waals surface area contributed by atoms with Gasteiger partial charge < -0.3 is 10.2 Å². The summed E-state index contributed by atoms with van der Waals surface area (Å²) in [5.41, 5.74) is 0. The highest BCUT2D eigenvalue weighted by atomic mass is 32.1. The van der Waals surface area contributed by atoms with Crippen LogP contribution in [0, 0.1) is 0 Å². The lowest BCUT2D eigenvalue weighted by Crippen LogP contribution is -2.27. The van der Waals surface area contributed by atoms with E-state index in [1.807, 2.05) is 0 Å². The lowest BCUT2D eigenvalue weighted by molar-refractivity contribution is 0.400. The Bertz CT molecular complexity index is 66.6. The third kappa shape index (κ3) is 8.27. The summed E-state index contributed by atoms with van der Waals surface area (Å²) in [5.74, 6) is 0.981. The number of thiol groups is 1. The molecule has 3 heteroatoms. The summed E-state index contributed by atoms with van der Waals surface area (Å²) in [7, 11) is 4.17. The van der Waals surface area contributed by atoms with Gasteiger partial charge in [-0.05, 0) is 32.8 Å². The van der Waals surface area contributed by atoms with Crippen molar-refractivity contribution in [2.75, 3.05) is 39.5 Å². The highest BCUT2D eigenvalue weighted by Crippen LogP contribution is 1.79. The number of nitrogens with one attached hydrogen (secondary N) is 1. The van der Waals surface area contributed by atoms with Crippen LogP contribution in [0.2, 0.25) is 0 Å². The van der Waals surface area contributed by atoms with Gasteiger partial charge in [0.25, 0.3) is 0 Å². The molecular formula is C7H18N2S. The van der Waals surface area contributed by atoms with E-state index in [2.05, 4.69) is 36.9 Å². The Hall–Kier alpha value is 0.270. The van der Waals surface area contributed by atoms with Crippen molar-refractivity contribution in [2.24, 2.45) is 0 Å². The van der Waals surface area contributed by atoms with Crippen LogP contribution in [0.3, 0.4) is 0 Å². The van der Waals surface area contributed by atoms with E-state index in [-0.39, 0.29) is 0 Å². The van der Waals surface area contributed by atoms with E-state index in [0.29, 0.717) is 0 Å². The highest BCUT2D eigenvalue weighted by molar-refractivity contribution is 7.80. The van der Waals surface area contributed by atoms with Crippen molar-refractivity contribution in [3.8, 4) is 0 Å². The molecule has 1 N–H and O–H groups in total. The van der Waals surface area contributed by atoms with E-state index in [1.165, 1.54) is 0 Å². The van der Waals surface area contributed by atoms with Crippen LogP contribution in [0.5, 0.6) is 0 Å². The Kier molecular flexibility index (Phi) is 7.58. The zero-order valence-corrected chi connectivity index (χ0v) is 7.82. The molecule has 0 aliphatic carbocycles. The van der Waals surface area contributed by atoms with Gasteiger partial charge in [0, 0.05) is 13.1 Å². The molecule has 0 amide bonds. The molecule has 0 saturated heterocycles. The Labute approximate surface area is 69.4 Å². The van der Waals surface area contributed by atoms with Crippen molar-refractivity contribution in [1.82, 2.24) is 10.2 Å². The maximum Gasteiger partial charge on any atom is 0.0101 e. The van der Waals surface area contributed by atoms with Crippen molar-refractivity contribution in [3.63, 3.8) is 0 Å². The topological polar surface area (TPSA) is 15.3 Å². The van der Waals surface area contributed by atoms with E-state index in [4.69, 9.17) is 0 Å². The maximum absolute atomic E-state index is 4.11. The molecule has 0 rings (SSSR count). The highest BCUT2D eigenvalue weighted by Gasteiger charge is 1.88. The van der Waals surface area contributed by atoms with E-state index < -0.39 is 0 Å². The van der Waals surface area contributed by atoms with Gasteiger partial charge in [-0.15, -0.1) is 0 Å². The van der Waals surface area contributed by atoms with Crippen LogP contribution < -0.4 is 5.32 Å². The molecule has 0 aliphatic rings. The summed E-state index contributed by atoms with van der Waals surface area (Å²) >= 11 is 4.11. The number of rotatable bonds is 6. The minimum absolute atomic E-state index is 0.981. The molecule has 2 nitrogen and oxygen atoms in total. The van der Waals surface area contributed by atoms with Gasteiger partial charge in [-0.1, -0.05) is 0 Å². The van der Waals surface area contributed by atoms with E-state index in [9.17, 15) is 0 Å². The molecule has 0 atom stereocenters. The van der Waals surface area contributed by atoms with Crippen LogP contribution in [0.15, 0.2) is 0 Å². The average Bonchev–Trinajstić information content (AvgIpc) is 1.87. The molecule has 0 spiro atoms. The fourth-order valence-electron chi connectivity index (χ4n) is 0.632. The van der Waals surface area contributed by atoms with Crippen LogP contribution in [-0.2, 0) is 0 Å². The van der Waals surface area contributed by atoms with Crippen molar-refractivity contribution in [1.29, 1.82) is 0 Å². The second kappa shape index (κ2) is 7.38. The van der Waals surface area contributed by atoms with Gasteiger partial charge in [0.15, 0.2) is 0 Å². The van der Waals surface area contributed by atoms with Crippen molar-refractivity contribution in [2.45, 2.75) is 6.42 Å². The Morgan fingerprint density at radius 2 is 2.00 bits per heavy atom. The second-order valence-electron chi connectivity index (χ2n) is 2.63. The smallest absolute Gasteiger partial charge is 0.0101 e. The fraction of sp³-hybridized carbons (Fsp3) is 1.00. The first-order chi connectivity index (χ1) is 4.77. The lowest BCUT2D eigenvalue weighted by atomic mass is 10.4. The monoisotopic (exact) mass is 162 g/mol. The Morgan fingerprint density at radius 1 is 1.30 bits per heavy atom. The molecule has 0 radical (unpaired) electrons. The van der Waals surface area contributed by atoms with Gasteiger partial charge in [-0.2, -0.15) is 12.6 Å². The molecule has 62 valence electrons. The molecule has 0 fully saturated rings. The molecule has 0 unspecified atom stereocenters. The van der Waals surface area contributed by atoms with Crippen LogP contribution in [-0.4, -0.2) is 44.4 Å². The fourth-order valence-corrected chi connectivity index (χ4v) is 0.790. The average molecular weight is 162 g/mol. The summed E-state index contributed by atoms with van der Waals surface area (Å²) in [6, 6.07) is 0. The van der Waals surface area contributed by atoms with Gasteiger partial charge in [0.2, 0.25) is 0 Å². The van der Waals surface area contributed by atoms with Crippen molar-refractivity contribution >= 4 is 12.6 Å². The third-order valence-corrected chi connectivity index (χ3v) is 1.56. The van der Waals surface area contributed by atoms with E-state index in [0.717, 1.165) is 31.8 Å². The van der Waals surface area contributed by atoms with Crippen LogP contribution in [0.4, 0.5) is 0 Å². The summed E-state index contributed by atoms with van der Waals surface area (Å²) in [4.78, 5) is 2.17. The van der Waals surface area contributed by atoms with Gasteiger partial charge in [0.05, 0.1) is 0 Å². The zero-order valence-electron chi connectivity index (χ0n) is 6.93. The molecule has 0 aliphatic heterocycles. The first kappa shape index (κ1) is 10.3. The van der Waals surface area contributed by atoms with Crippen LogP contribution >= 0.6 is 12.6 Å². The second-order valence-corrected chi connectivity index (χ2v) is 3.08. The van der Waals surface area contributed by atoms with Crippen LogP contribution in [0.1, 0.15) is 6.42 Å². The first-order valence-corrected chi connectivity index (χ1v) is 4.37. The number of hydrogen-bond donors (Lipinski definition) is 2. The standard InChI is InChI=1S/C7H18N2S/c1-9(2)6-5-8-4-3-7-10/h8,10H,3-7H2,1-2H3. The predicted octanol–water partition coefficient (Wildman–Crippen LogP) is 0.458. The molecule has 0 aromatic carbocycles. The van der Waals surface area contributed by atoms with Crippen molar-refractivity contribution in [3.05, 3.63) is 0 Å². The summed E-state index contributed by atoms with van der Waals surface area (Å²) in [6.07, 6.45) is 1.16. The molecular weight excluding hydrogens is 144 g/mol. The summed E-state index contributed by atoms with van der Waals surface area (Å²) in [6.45, 7) is 3.30. The van der Waals surface area contributed by atoms with Gasteiger partial charge >= 0.3 is 0 Å². The lowest BCUT2D eigenvalue weighted by Gasteiger charge is -2.09. The molecule has 0 aromatic heterocycles. The molecule has 0 bridgehead atoms. The van der Waals surface area contributed by atoms with Crippen LogP contribution in [0.25, 0.3) is 0 Å². The third-order valence-electron chi connectivity index (χ3n) is 1.25. The number of nitrogens with zero attached hydrogens (tertiary/aromatic N) is 1. The van der Waals surface area contributed by atoms with Crippen molar-refractivity contribution < 1.29 is 0 Å². The minimum atomic E-state index is 0.981.